The molecule has 6 nitrogen and oxygen atoms in total. The normalized spacial score (nSPS) is 11.8. The van der Waals surface area contributed by atoms with Crippen LogP contribution in [0.4, 0.5) is 5.69 Å². The number of aromatic nitrogens is 1. The van der Waals surface area contributed by atoms with Crippen molar-refractivity contribution in [3.8, 4) is 0 Å². The highest BCUT2D eigenvalue weighted by Gasteiger charge is 2.24. The van der Waals surface area contributed by atoms with Crippen molar-refractivity contribution in [3.63, 3.8) is 0 Å². The summed E-state index contributed by atoms with van der Waals surface area (Å²) in [7, 11) is 0. The Bertz CT molecular complexity index is 669. The third-order valence-corrected chi connectivity index (χ3v) is 3.21. The number of nitrogens with one attached hydrogen (secondary N) is 1. The van der Waals surface area contributed by atoms with Gasteiger partial charge < -0.3 is 14.6 Å². The highest BCUT2D eigenvalue weighted by Crippen LogP contribution is 2.15. The van der Waals surface area contributed by atoms with Gasteiger partial charge in [-0.15, -0.1) is 0 Å². The third kappa shape index (κ3) is 3.52. The molecule has 1 aromatic carbocycles. The lowest BCUT2D eigenvalue weighted by Gasteiger charge is -2.13. The molecule has 1 aromatic heterocycles. The van der Waals surface area contributed by atoms with E-state index in [1.54, 1.807) is 26.0 Å². The Labute approximate surface area is 128 Å². The Kier molecular flexibility index (Phi) is 4.60. The van der Waals surface area contributed by atoms with Gasteiger partial charge in [0.05, 0.1) is 5.69 Å². The van der Waals surface area contributed by atoms with E-state index in [1.165, 1.54) is 6.92 Å². The van der Waals surface area contributed by atoms with Gasteiger partial charge in [0.15, 0.2) is 6.10 Å². The molecular weight excluding hydrogens is 284 g/mol. The minimum Gasteiger partial charge on any atom is -0.449 e. The third-order valence-electron chi connectivity index (χ3n) is 3.21. The molecule has 2 aromatic rings. The fourth-order valence-corrected chi connectivity index (χ4v) is 1.93. The first kappa shape index (κ1) is 15.8. The van der Waals surface area contributed by atoms with E-state index < -0.39 is 18.0 Å². The van der Waals surface area contributed by atoms with E-state index in [2.05, 4.69) is 10.5 Å². The van der Waals surface area contributed by atoms with Crippen LogP contribution in [0.1, 0.15) is 34.3 Å². The number of rotatable bonds is 4. The molecule has 1 amide bonds. The van der Waals surface area contributed by atoms with E-state index in [9.17, 15) is 9.59 Å². The molecule has 1 N–H and O–H groups in total. The van der Waals surface area contributed by atoms with E-state index in [1.807, 2.05) is 19.1 Å². The summed E-state index contributed by atoms with van der Waals surface area (Å²) in [5, 5.41) is 6.38. The molecule has 0 spiro atoms. The standard InChI is InChI=1S/C16H18N2O4/c1-9-5-7-13(8-6-9)17-15(19)12(4)21-16(20)14-10(2)18-22-11(14)3/h5-8,12H,1-4H3,(H,17,19)/t12-/m0/s1. The van der Waals surface area contributed by atoms with Gasteiger partial charge in [0.2, 0.25) is 0 Å². The number of aryl methyl sites for hydroxylation is 3. The van der Waals surface area contributed by atoms with Crippen LogP contribution in [0, 0.1) is 20.8 Å². The number of carbonyl (C=O) groups excluding carboxylic acids is 2. The lowest BCUT2D eigenvalue weighted by Crippen LogP contribution is -2.30. The van der Waals surface area contributed by atoms with Crippen LogP contribution in [-0.2, 0) is 9.53 Å². The quantitative estimate of drug-likeness (QED) is 0.878. The summed E-state index contributed by atoms with van der Waals surface area (Å²) < 4.78 is 10.1. The SMILES string of the molecule is Cc1ccc(NC(=O)[C@H](C)OC(=O)c2c(C)noc2C)cc1. The molecule has 2 rings (SSSR count). The number of nitrogens with zero attached hydrogens (tertiary/aromatic N) is 1. The van der Waals surface area contributed by atoms with Crippen molar-refractivity contribution in [1.82, 2.24) is 5.16 Å². The van der Waals surface area contributed by atoms with Crippen LogP contribution < -0.4 is 5.32 Å². The topological polar surface area (TPSA) is 81.4 Å². The summed E-state index contributed by atoms with van der Waals surface area (Å²) in [5.41, 5.74) is 2.44. The van der Waals surface area contributed by atoms with Gasteiger partial charge in [-0.2, -0.15) is 0 Å². The number of anilines is 1. The molecule has 0 saturated heterocycles. The monoisotopic (exact) mass is 302 g/mol. The van der Waals surface area contributed by atoms with E-state index in [4.69, 9.17) is 9.26 Å². The largest absolute Gasteiger partial charge is 0.449 e. The predicted molar refractivity (Wildman–Crippen MR) is 80.7 cm³/mol. The Balaban J connectivity index is 1.99. The second-order valence-corrected chi connectivity index (χ2v) is 5.10. The molecule has 0 fully saturated rings. The maximum atomic E-state index is 12.1. The summed E-state index contributed by atoms with van der Waals surface area (Å²) in [4.78, 5) is 24.1. The Morgan fingerprint density at radius 2 is 1.82 bits per heavy atom. The molecule has 0 radical (unpaired) electrons. The molecule has 1 atom stereocenters. The van der Waals surface area contributed by atoms with Gasteiger partial charge in [-0.1, -0.05) is 22.9 Å². The Morgan fingerprint density at radius 3 is 2.36 bits per heavy atom. The summed E-state index contributed by atoms with van der Waals surface area (Å²) in [6.45, 7) is 6.73. The molecule has 0 unspecified atom stereocenters. The average Bonchev–Trinajstić information content (AvgIpc) is 2.80. The number of hydrogen-bond acceptors (Lipinski definition) is 5. The smallest absolute Gasteiger partial charge is 0.344 e. The van der Waals surface area contributed by atoms with Crippen molar-refractivity contribution in [2.45, 2.75) is 33.8 Å². The maximum Gasteiger partial charge on any atom is 0.344 e. The molecule has 0 aliphatic rings. The number of amides is 1. The number of carbonyl (C=O) groups is 2. The van der Waals surface area contributed by atoms with Crippen molar-refractivity contribution in [2.24, 2.45) is 0 Å². The zero-order chi connectivity index (χ0) is 16.3. The van der Waals surface area contributed by atoms with E-state index in [0.29, 0.717) is 17.1 Å². The van der Waals surface area contributed by atoms with Gasteiger partial charge >= 0.3 is 5.97 Å². The van der Waals surface area contributed by atoms with Crippen molar-refractivity contribution >= 4 is 17.6 Å². The highest BCUT2D eigenvalue weighted by atomic mass is 16.5. The first-order valence-corrected chi connectivity index (χ1v) is 6.90. The predicted octanol–water partition coefficient (Wildman–Crippen LogP) is 2.78. The Morgan fingerprint density at radius 1 is 1.18 bits per heavy atom. The van der Waals surface area contributed by atoms with Crippen molar-refractivity contribution in [2.75, 3.05) is 5.32 Å². The van der Waals surface area contributed by atoms with Gasteiger partial charge in [0.25, 0.3) is 5.91 Å². The summed E-state index contributed by atoms with van der Waals surface area (Å²) in [5.74, 6) is -0.652. The minimum absolute atomic E-state index is 0.259. The zero-order valence-corrected chi connectivity index (χ0v) is 13.0. The maximum absolute atomic E-state index is 12.1. The fourth-order valence-electron chi connectivity index (χ4n) is 1.93. The molecule has 0 saturated carbocycles. The fraction of sp³-hybridized carbons (Fsp3) is 0.312. The van der Waals surface area contributed by atoms with Gasteiger partial charge in [0.1, 0.15) is 11.3 Å². The van der Waals surface area contributed by atoms with Crippen LogP contribution >= 0.6 is 0 Å². The van der Waals surface area contributed by atoms with E-state index in [-0.39, 0.29) is 5.56 Å². The summed E-state index contributed by atoms with van der Waals surface area (Å²) in [6.07, 6.45) is -0.928. The molecule has 0 aliphatic heterocycles. The van der Waals surface area contributed by atoms with E-state index in [0.717, 1.165) is 5.56 Å². The van der Waals surface area contributed by atoms with Crippen LogP contribution in [0.5, 0.6) is 0 Å². The average molecular weight is 302 g/mol. The van der Waals surface area contributed by atoms with Crippen molar-refractivity contribution in [1.29, 1.82) is 0 Å². The number of hydrogen-bond donors (Lipinski definition) is 1. The van der Waals surface area contributed by atoms with E-state index >= 15 is 0 Å². The lowest BCUT2D eigenvalue weighted by atomic mass is 10.2. The summed E-state index contributed by atoms with van der Waals surface area (Å²) >= 11 is 0. The highest BCUT2D eigenvalue weighted by molar-refractivity contribution is 5.97. The van der Waals surface area contributed by atoms with Gasteiger partial charge in [0, 0.05) is 5.69 Å². The van der Waals surface area contributed by atoms with Crippen LogP contribution in [-0.4, -0.2) is 23.1 Å². The molecular formula is C16H18N2O4. The first-order chi connectivity index (χ1) is 10.4. The van der Waals surface area contributed by atoms with Crippen LogP contribution in [0.15, 0.2) is 28.8 Å². The lowest BCUT2D eigenvalue weighted by molar-refractivity contribution is -0.123. The zero-order valence-electron chi connectivity index (χ0n) is 13.0. The van der Waals surface area contributed by atoms with Crippen LogP contribution in [0.25, 0.3) is 0 Å². The molecule has 6 heteroatoms. The van der Waals surface area contributed by atoms with Crippen LogP contribution in [0.2, 0.25) is 0 Å². The summed E-state index contributed by atoms with van der Waals surface area (Å²) in [6, 6.07) is 7.35. The number of esters is 1. The molecule has 0 bridgehead atoms. The number of ether oxygens (including phenoxy) is 1. The second-order valence-electron chi connectivity index (χ2n) is 5.10. The molecule has 1 heterocycles. The molecule has 0 aliphatic carbocycles. The van der Waals surface area contributed by atoms with Crippen LogP contribution in [0.3, 0.4) is 0 Å². The Hall–Kier alpha value is -2.63. The first-order valence-electron chi connectivity index (χ1n) is 6.90. The minimum atomic E-state index is -0.928. The van der Waals surface area contributed by atoms with Gasteiger partial charge in [-0.05, 0) is 39.8 Å². The second kappa shape index (κ2) is 6.43. The van der Waals surface area contributed by atoms with Gasteiger partial charge in [-0.3, -0.25) is 4.79 Å². The molecule has 116 valence electrons. The van der Waals surface area contributed by atoms with Crippen molar-refractivity contribution in [3.05, 3.63) is 46.8 Å². The van der Waals surface area contributed by atoms with Crippen molar-refractivity contribution < 1.29 is 18.8 Å². The molecule has 22 heavy (non-hydrogen) atoms. The number of benzene rings is 1. The van der Waals surface area contributed by atoms with Gasteiger partial charge in [-0.25, -0.2) is 4.79 Å².